The van der Waals surface area contributed by atoms with Crippen LogP contribution in [0, 0.1) is 0 Å². The van der Waals surface area contributed by atoms with E-state index < -0.39 is 0 Å². The van der Waals surface area contributed by atoms with E-state index in [1.165, 1.54) is 110 Å². The molecular weight excluding hydrogens is 266 g/mol. The van der Waals surface area contributed by atoms with Gasteiger partial charge in [-0.25, -0.2) is 0 Å². The van der Waals surface area contributed by atoms with E-state index in [1.54, 1.807) is 0 Å². The number of unbranched alkanes of at least 4 members (excludes halogenated alkanes) is 13. The molecule has 0 aliphatic heterocycles. The van der Waals surface area contributed by atoms with Crippen molar-refractivity contribution in [2.45, 2.75) is 104 Å². The Morgan fingerprint density at radius 3 is 1.32 bits per heavy atom. The molecule has 0 saturated carbocycles. The van der Waals surface area contributed by atoms with Crippen LogP contribution in [0.1, 0.15) is 104 Å². The van der Waals surface area contributed by atoms with Crippen LogP contribution in [-0.2, 0) is 0 Å². The Labute approximate surface area is 141 Å². The van der Waals surface area contributed by atoms with Crippen molar-refractivity contribution in [1.29, 1.82) is 0 Å². The first-order valence-corrected chi connectivity index (χ1v) is 10.2. The highest BCUT2D eigenvalue weighted by molar-refractivity contribution is 4.65. The Balaban J connectivity index is 3.04. The summed E-state index contributed by atoms with van der Waals surface area (Å²) in [6.45, 7) is 12.0. The monoisotopic (exact) mass is 309 g/mol. The maximum atomic E-state index is 3.77. The van der Waals surface area contributed by atoms with Crippen LogP contribution < -0.4 is 0 Å². The third kappa shape index (κ3) is 16.1. The summed E-state index contributed by atoms with van der Waals surface area (Å²) in [5.74, 6) is 0. The quantitative estimate of drug-likeness (QED) is 0.195. The summed E-state index contributed by atoms with van der Waals surface area (Å²) in [5, 5.41) is 0. The second-order valence-electron chi connectivity index (χ2n) is 6.70. The van der Waals surface area contributed by atoms with E-state index in [9.17, 15) is 0 Å². The third-order valence-corrected chi connectivity index (χ3v) is 4.78. The molecule has 0 aromatic rings. The Morgan fingerprint density at radius 2 is 0.955 bits per heavy atom. The third-order valence-electron chi connectivity index (χ3n) is 4.78. The lowest BCUT2D eigenvalue weighted by Crippen LogP contribution is -2.23. The second-order valence-corrected chi connectivity index (χ2v) is 6.70. The van der Waals surface area contributed by atoms with Gasteiger partial charge in [-0.2, -0.15) is 0 Å². The standard InChI is InChI=1S/C21H43N/c1-4-7-8-9-10-11-12-13-14-15-16-17-18-19-20-21-22(5-2)6-3/h4H,1,5-21H2,2-3H3. The van der Waals surface area contributed by atoms with Gasteiger partial charge in [0.15, 0.2) is 0 Å². The van der Waals surface area contributed by atoms with Crippen molar-refractivity contribution in [2.24, 2.45) is 0 Å². The maximum absolute atomic E-state index is 3.77. The lowest BCUT2D eigenvalue weighted by atomic mass is 10.0. The van der Waals surface area contributed by atoms with Crippen LogP contribution in [0.25, 0.3) is 0 Å². The molecule has 0 spiro atoms. The van der Waals surface area contributed by atoms with Gasteiger partial charge in [0.25, 0.3) is 0 Å². The Kier molecular flexibility index (Phi) is 18.5. The van der Waals surface area contributed by atoms with Gasteiger partial charge in [-0.05, 0) is 38.9 Å². The Morgan fingerprint density at radius 1 is 0.591 bits per heavy atom. The largest absolute Gasteiger partial charge is 0.304 e. The highest BCUT2D eigenvalue weighted by Gasteiger charge is 1.98. The fraction of sp³-hybridized carbons (Fsp3) is 0.905. The Bertz CT molecular complexity index is 208. The van der Waals surface area contributed by atoms with E-state index >= 15 is 0 Å². The van der Waals surface area contributed by atoms with Gasteiger partial charge >= 0.3 is 0 Å². The Hall–Kier alpha value is -0.300. The zero-order valence-corrected chi connectivity index (χ0v) is 15.8. The molecule has 0 atom stereocenters. The smallest absolute Gasteiger partial charge is 0.00190 e. The number of allylic oxidation sites excluding steroid dienone is 1. The first-order valence-electron chi connectivity index (χ1n) is 10.2. The molecule has 0 aromatic carbocycles. The van der Waals surface area contributed by atoms with Crippen LogP contribution in [0.4, 0.5) is 0 Å². The minimum Gasteiger partial charge on any atom is -0.304 e. The van der Waals surface area contributed by atoms with E-state index in [1.807, 2.05) is 6.08 Å². The van der Waals surface area contributed by atoms with Crippen LogP contribution in [-0.4, -0.2) is 24.5 Å². The number of hydrogen-bond donors (Lipinski definition) is 0. The van der Waals surface area contributed by atoms with E-state index in [0.717, 1.165) is 0 Å². The average Bonchev–Trinajstić information content (AvgIpc) is 2.55. The van der Waals surface area contributed by atoms with Gasteiger partial charge in [0, 0.05) is 0 Å². The van der Waals surface area contributed by atoms with Crippen molar-refractivity contribution in [3.05, 3.63) is 12.7 Å². The molecule has 132 valence electrons. The minimum absolute atomic E-state index is 1.20. The highest BCUT2D eigenvalue weighted by Crippen LogP contribution is 2.13. The molecule has 0 N–H and O–H groups in total. The predicted molar refractivity (Wildman–Crippen MR) is 103 cm³/mol. The molecule has 0 aliphatic carbocycles. The van der Waals surface area contributed by atoms with Crippen LogP contribution in [0.15, 0.2) is 12.7 Å². The molecule has 22 heavy (non-hydrogen) atoms. The van der Waals surface area contributed by atoms with Gasteiger partial charge in [-0.15, -0.1) is 6.58 Å². The highest BCUT2D eigenvalue weighted by atomic mass is 15.1. The summed E-state index contributed by atoms with van der Waals surface area (Å²) in [4.78, 5) is 2.54. The van der Waals surface area contributed by atoms with Crippen LogP contribution in [0.3, 0.4) is 0 Å². The van der Waals surface area contributed by atoms with E-state index in [2.05, 4.69) is 25.3 Å². The van der Waals surface area contributed by atoms with Crippen molar-refractivity contribution in [3.8, 4) is 0 Å². The molecule has 0 radical (unpaired) electrons. The summed E-state index contributed by atoms with van der Waals surface area (Å²) in [6, 6.07) is 0. The van der Waals surface area contributed by atoms with Crippen LogP contribution in [0.2, 0.25) is 0 Å². The van der Waals surface area contributed by atoms with Crippen molar-refractivity contribution >= 4 is 0 Å². The number of nitrogens with zero attached hydrogens (tertiary/aromatic N) is 1. The van der Waals surface area contributed by atoms with Crippen molar-refractivity contribution in [1.82, 2.24) is 4.90 Å². The van der Waals surface area contributed by atoms with Gasteiger partial charge in [-0.3, -0.25) is 0 Å². The number of rotatable bonds is 18. The predicted octanol–water partition coefficient (Wildman–Crippen LogP) is 6.98. The lowest BCUT2D eigenvalue weighted by molar-refractivity contribution is 0.295. The van der Waals surface area contributed by atoms with E-state index in [4.69, 9.17) is 0 Å². The van der Waals surface area contributed by atoms with Crippen molar-refractivity contribution in [3.63, 3.8) is 0 Å². The van der Waals surface area contributed by atoms with Crippen LogP contribution >= 0.6 is 0 Å². The van der Waals surface area contributed by atoms with Crippen molar-refractivity contribution in [2.75, 3.05) is 19.6 Å². The molecule has 0 aliphatic rings. The molecule has 0 bridgehead atoms. The van der Waals surface area contributed by atoms with Gasteiger partial charge in [0.05, 0.1) is 0 Å². The lowest BCUT2D eigenvalue weighted by Gasteiger charge is -2.17. The molecule has 0 saturated heterocycles. The van der Waals surface area contributed by atoms with Gasteiger partial charge < -0.3 is 4.90 Å². The van der Waals surface area contributed by atoms with Gasteiger partial charge in [-0.1, -0.05) is 90.6 Å². The topological polar surface area (TPSA) is 3.24 Å². The zero-order valence-electron chi connectivity index (χ0n) is 15.8. The molecular formula is C21H43N. The first-order chi connectivity index (χ1) is 10.8. The first kappa shape index (κ1) is 21.7. The summed E-state index contributed by atoms with van der Waals surface area (Å²) in [7, 11) is 0. The van der Waals surface area contributed by atoms with Crippen LogP contribution in [0.5, 0.6) is 0 Å². The summed E-state index contributed by atoms with van der Waals surface area (Å²) >= 11 is 0. The molecule has 0 amide bonds. The maximum Gasteiger partial charge on any atom is -0.00190 e. The minimum atomic E-state index is 1.20. The average molecular weight is 310 g/mol. The fourth-order valence-electron chi connectivity index (χ4n) is 3.11. The van der Waals surface area contributed by atoms with Gasteiger partial charge in [0.1, 0.15) is 0 Å². The summed E-state index contributed by atoms with van der Waals surface area (Å²) in [6.07, 6.45) is 21.9. The van der Waals surface area contributed by atoms with Crippen molar-refractivity contribution < 1.29 is 0 Å². The van der Waals surface area contributed by atoms with Gasteiger partial charge in [0.2, 0.25) is 0 Å². The van der Waals surface area contributed by atoms with E-state index in [-0.39, 0.29) is 0 Å². The molecule has 0 heterocycles. The van der Waals surface area contributed by atoms with E-state index in [0.29, 0.717) is 0 Å². The molecule has 1 nitrogen and oxygen atoms in total. The fourth-order valence-corrected chi connectivity index (χ4v) is 3.11. The molecule has 0 unspecified atom stereocenters. The molecule has 1 heteroatoms. The summed E-state index contributed by atoms with van der Waals surface area (Å²) in [5.41, 5.74) is 0. The molecule has 0 rings (SSSR count). The normalized spacial score (nSPS) is 11.2. The zero-order chi connectivity index (χ0) is 16.3. The molecule has 0 aromatic heterocycles. The SMILES string of the molecule is C=CCCCCCCCCCCCCCCCN(CC)CC. The summed E-state index contributed by atoms with van der Waals surface area (Å²) < 4.78 is 0. The second kappa shape index (κ2) is 18.7. The molecule has 0 fully saturated rings. The number of hydrogen-bond acceptors (Lipinski definition) is 1.